The molecular weight excluding hydrogens is 528 g/mol. The van der Waals surface area contributed by atoms with E-state index in [0.717, 1.165) is 26.3 Å². The molecule has 3 rings (SSSR count). The van der Waals surface area contributed by atoms with Crippen LogP contribution in [0.5, 0.6) is 0 Å². The zero-order valence-electron chi connectivity index (χ0n) is 17.7. The van der Waals surface area contributed by atoms with Crippen molar-refractivity contribution < 1.29 is 17.9 Å². The molecule has 0 fully saturated rings. The number of thiazole rings is 1. The highest BCUT2D eigenvalue weighted by Gasteiger charge is 2.19. The summed E-state index contributed by atoms with van der Waals surface area (Å²) in [4.78, 5) is 17.2. The molecule has 1 aromatic heterocycles. The van der Waals surface area contributed by atoms with Gasteiger partial charge in [0.1, 0.15) is 11.6 Å². The lowest BCUT2D eigenvalue weighted by molar-refractivity contribution is 0.134. The molecule has 3 aromatic rings. The summed E-state index contributed by atoms with van der Waals surface area (Å²) in [7, 11) is -3.71. The van der Waals surface area contributed by atoms with E-state index in [1.165, 1.54) is 11.3 Å². The zero-order valence-corrected chi connectivity index (χ0v) is 21.0. The summed E-state index contributed by atoms with van der Waals surface area (Å²) in [5.74, 6) is 0. The van der Waals surface area contributed by atoms with E-state index in [0.29, 0.717) is 19.3 Å². The minimum absolute atomic E-state index is 0.166. The molecule has 1 amide bonds. The van der Waals surface area contributed by atoms with Crippen LogP contribution in [0.2, 0.25) is 0 Å². The fraction of sp³-hybridized carbons (Fsp3) is 0.273. The van der Waals surface area contributed by atoms with Gasteiger partial charge in [0.05, 0.1) is 11.7 Å². The largest absolute Gasteiger partial charge is 0.445 e. The van der Waals surface area contributed by atoms with Crippen molar-refractivity contribution in [2.45, 2.75) is 31.9 Å². The average molecular weight is 554 g/mol. The lowest BCUT2D eigenvalue weighted by atomic mass is 10.1. The Kier molecular flexibility index (Phi) is 9.39. The van der Waals surface area contributed by atoms with Crippen LogP contribution >= 0.6 is 27.3 Å². The summed E-state index contributed by atoms with van der Waals surface area (Å²) in [5.41, 5.74) is 2.61. The summed E-state index contributed by atoms with van der Waals surface area (Å²) in [6.45, 7) is 0.393. The Morgan fingerprint density at radius 2 is 1.85 bits per heavy atom. The Bertz CT molecular complexity index is 1140. The van der Waals surface area contributed by atoms with Crippen molar-refractivity contribution in [3.8, 4) is 10.6 Å². The number of carbonyl (C=O) groups excluding carboxylic acids is 1. The third-order valence-corrected chi connectivity index (χ3v) is 6.74. The maximum absolute atomic E-state index is 12.5. The SMILES string of the molecule is NS(=O)(=O)NCCCC[C@H](NC(=O)OCc1ccccc1)c1csc(-c2ccc(Br)cc2)n1. The number of unbranched alkanes of at least 4 members (excludes halogenated alkanes) is 1. The molecule has 2 aromatic carbocycles. The van der Waals surface area contributed by atoms with Gasteiger partial charge in [-0.2, -0.15) is 8.42 Å². The quantitative estimate of drug-likeness (QED) is 0.302. The van der Waals surface area contributed by atoms with E-state index in [1.54, 1.807) is 0 Å². The van der Waals surface area contributed by atoms with Crippen molar-refractivity contribution in [3.63, 3.8) is 0 Å². The standard InChI is InChI=1S/C22H25BrN4O4S2/c23-18-11-9-17(10-12-18)21-26-20(15-32-21)19(8-4-5-13-25-33(24,29)30)27-22(28)31-14-16-6-2-1-3-7-16/h1-3,6-7,9-12,15,19,25H,4-5,8,13-14H2,(H,27,28)(H2,24,29,30)/t19-/m0/s1. The molecule has 0 aliphatic carbocycles. The van der Waals surface area contributed by atoms with Crippen LogP contribution in [0.25, 0.3) is 10.6 Å². The number of hydrogen-bond donors (Lipinski definition) is 3. The number of rotatable bonds is 11. The van der Waals surface area contributed by atoms with E-state index < -0.39 is 16.3 Å². The molecule has 0 unspecified atom stereocenters. The normalized spacial score (nSPS) is 12.3. The molecule has 4 N–H and O–H groups in total. The molecule has 0 saturated heterocycles. The summed E-state index contributed by atoms with van der Waals surface area (Å²) < 4.78 is 30.7. The number of nitrogens with two attached hydrogens (primary N) is 1. The molecule has 8 nitrogen and oxygen atoms in total. The lowest BCUT2D eigenvalue weighted by Gasteiger charge is -2.17. The Morgan fingerprint density at radius 3 is 2.55 bits per heavy atom. The third kappa shape index (κ3) is 8.86. The average Bonchev–Trinajstić information content (AvgIpc) is 3.27. The lowest BCUT2D eigenvalue weighted by Crippen LogP contribution is -2.32. The van der Waals surface area contributed by atoms with E-state index in [1.807, 2.05) is 60.0 Å². The summed E-state index contributed by atoms with van der Waals surface area (Å²) >= 11 is 4.92. The van der Waals surface area contributed by atoms with E-state index in [9.17, 15) is 13.2 Å². The number of ether oxygens (including phenoxy) is 1. The minimum atomic E-state index is -3.71. The van der Waals surface area contributed by atoms with Crippen molar-refractivity contribution in [1.82, 2.24) is 15.0 Å². The first-order chi connectivity index (χ1) is 15.8. The second-order valence-electron chi connectivity index (χ2n) is 7.28. The molecule has 0 spiro atoms. The van der Waals surface area contributed by atoms with Gasteiger partial charge < -0.3 is 10.1 Å². The number of hydrogen-bond acceptors (Lipinski definition) is 6. The van der Waals surface area contributed by atoms with Crippen LogP contribution in [0.3, 0.4) is 0 Å². The first-order valence-electron chi connectivity index (χ1n) is 10.3. The number of alkyl carbamates (subject to hydrolysis) is 1. The Hall–Kier alpha value is -2.31. The summed E-state index contributed by atoms with van der Waals surface area (Å²) in [5, 5.41) is 10.6. The highest BCUT2D eigenvalue weighted by Crippen LogP contribution is 2.29. The number of benzene rings is 2. The van der Waals surface area contributed by atoms with E-state index in [-0.39, 0.29) is 19.2 Å². The van der Waals surface area contributed by atoms with Gasteiger partial charge in [-0.15, -0.1) is 11.3 Å². The van der Waals surface area contributed by atoms with Gasteiger partial charge in [0, 0.05) is 22.0 Å². The van der Waals surface area contributed by atoms with Crippen molar-refractivity contribution in [3.05, 3.63) is 75.7 Å². The van der Waals surface area contributed by atoms with Gasteiger partial charge >= 0.3 is 6.09 Å². The predicted octanol–water partition coefficient (Wildman–Crippen LogP) is 4.50. The molecule has 0 bridgehead atoms. The highest BCUT2D eigenvalue weighted by molar-refractivity contribution is 9.10. The number of nitrogens with zero attached hydrogens (tertiary/aromatic N) is 1. The molecule has 11 heteroatoms. The fourth-order valence-electron chi connectivity index (χ4n) is 3.06. The first-order valence-corrected chi connectivity index (χ1v) is 13.5. The molecule has 0 aliphatic rings. The van der Waals surface area contributed by atoms with E-state index in [4.69, 9.17) is 14.9 Å². The number of halogens is 1. The van der Waals surface area contributed by atoms with Gasteiger partial charge in [-0.05, 0) is 37.0 Å². The second-order valence-corrected chi connectivity index (χ2v) is 10.4. The molecule has 0 aliphatic heterocycles. The van der Waals surface area contributed by atoms with Crippen molar-refractivity contribution in [2.24, 2.45) is 5.14 Å². The van der Waals surface area contributed by atoms with Crippen molar-refractivity contribution >= 4 is 43.6 Å². The Morgan fingerprint density at radius 1 is 1.12 bits per heavy atom. The maximum atomic E-state index is 12.5. The van der Waals surface area contributed by atoms with Crippen LogP contribution in [0.1, 0.15) is 36.6 Å². The first kappa shape index (κ1) is 25.3. The van der Waals surface area contributed by atoms with Crippen LogP contribution in [0.4, 0.5) is 4.79 Å². The maximum Gasteiger partial charge on any atom is 0.408 e. The second kappa shape index (κ2) is 12.2. The van der Waals surface area contributed by atoms with Crippen LogP contribution in [-0.4, -0.2) is 26.0 Å². The van der Waals surface area contributed by atoms with Gasteiger partial charge in [0.15, 0.2) is 0 Å². The van der Waals surface area contributed by atoms with Gasteiger partial charge in [0.2, 0.25) is 0 Å². The van der Waals surface area contributed by atoms with Gasteiger partial charge in [-0.1, -0.05) is 58.4 Å². The number of amides is 1. The minimum Gasteiger partial charge on any atom is -0.445 e. The van der Waals surface area contributed by atoms with E-state index >= 15 is 0 Å². The fourth-order valence-corrected chi connectivity index (χ4v) is 4.63. The Labute approximate surface area is 205 Å². The summed E-state index contributed by atoms with van der Waals surface area (Å²) in [6, 6.07) is 16.9. The summed E-state index contributed by atoms with van der Waals surface area (Å²) in [6.07, 6.45) is 1.25. The van der Waals surface area contributed by atoms with Crippen molar-refractivity contribution in [1.29, 1.82) is 0 Å². The van der Waals surface area contributed by atoms with Gasteiger partial charge in [0.25, 0.3) is 10.2 Å². The smallest absolute Gasteiger partial charge is 0.408 e. The van der Waals surface area contributed by atoms with Crippen molar-refractivity contribution in [2.75, 3.05) is 6.54 Å². The Balaban J connectivity index is 1.64. The molecule has 0 saturated carbocycles. The monoisotopic (exact) mass is 552 g/mol. The van der Waals surface area contributed by atoms with Gasteiger partial charge in [-0.25, -0.2) is 19.6 Å². The van der Waals surface area contributed by atoms with Crippen LogP contribution in [0.15, 0.2) is 64.5 Å². The molecule has 1 atom stereocenters. The number of nitrogens with one attached hydrogen (secondary N) is 2. The van der Waals surface area contributed by atoms with Crippen LogP contribution < -0.4 is 15.2 Å². The zero-order chi connectivity index (χ0) is 23.7. The van der Waals surface area contributed by atoms with Crippen LogP contribution in [0, 0.1) is 0 Å². The number of carbonyl (C=O) groups is 1. The third-order valence-electron chi connectivity index (χ3n) is 4.70. The molecule has 33 heavy (non-hydrogen) atoms. The topological polar surface area (TPSA) is 123 Å². The van der Waals surface area contributed by atoms with Gasteiger partial charge in [-0.3, -0.25) is 0 Å². The molecule has 0 radical (unpaired) electrons. The van der Waals surface area contributed by atoms with E-state index in [2.05, 4.69) is 26.0 Å². The molecular formula is C22H25BrN4O4S2. The molecule has 176 valence electrons. The van der Waals surface area contributed by atoms with Crippen LogP contribution in [-0.2, 0) is 21.6 Å². The number of aromatic nitrogens is 1. The molecule has 1 heterocycles. The predicted molar refractivity (Wildman–Crippen MR) is 133 cm³/mol. The highest BCUT2D eigenvalue weighted by atomic mass is 79.9.